The highest BCUT2D eigenvalue weighted by atomic mass is 16.2. The van der Waals surface area contributed by atoms with Crippen molar-refractivity contribution in [2.45, 2.75) is 25.8 Å². The Kier molecular flexibility index (Phi) is 4.60. The quantitative estimate of drug-likeness (QED) is 0.842. The van der Waals surface area contributed by atoms with Crippen LogP contribution in [0.3, 0.4) is 0 Å². The number of hydrogen-bond donors (Lipinski definition) is 0. The van der Waals surface area contributed by atoms with E-state index in [1.165, 1.54) is 11.3 Å². The lowest BCUT2D eigenvalue weighted by Crippen LogP contribution is -2.39. The summed E-state index contributed by atoms with van der Waals surface area (Å²) in [6.07, 6.45) is 3.81. The maximum atomic E-state index is 12.7. The van der Waals surface area contributed by atoms with Crippen LogP contribution < -0.4 is 0 Å². The molecule has 0 radical (unpaired) electrons. The van der Waals surface area contributed by atoms with Crippen molar-refractivity contribution in [2.75, 3.05) is 14.1 Å². The molecule has 0 aliphatic carbocycles. The first-order valence-electron chi connectivity index (χ1n) is 8.03. The molecule has 1 aliphatic rings. The fourth-order valence-electron chi connectivity index (χ4n) is 2.67. The van der Waals surface area contributed by atoms with E-state index >= 15 is 0 Å². The Balaban J connectivity index is 1.73. The smallest absolute Gasteiger partial charge is 0.270 e. The van der Waals surface area contributed by atoms with Gasteiger partial charge < -0.3 is 4.90 Å². The molecule has 8 heteroatoms. The van der Waals surface area contributed by atoms with E-state index in [1.54, 1.807) is 30.0 Å². The minimum atomic E-state index is -0.160. The van der Waals surface area contributed by atoms with Crippen molar-refractivity contribution in [3.8, 4) is 5.69 Å². The Bertz CT molecular complexity index is 797. The molecule has 2 amide bonds. The van der Waals surface area contributed by atoms with Crippen LogP contribution in [0, 0.1) is 0 Å². The van der Waals surface area contributed by atoms with Gasteiger partial charge in [-0.3, -0.25) is 9.59 Å². The van der Waals surface area contributed by atoms with E-state index < -0.39 is 0 Å². The zero-order chi connectivity index (χ0) is 18.0. The van der Waals surface area contributed by atoms with Crippen molar-refractivity contribution in [3.05, 3.63) is 42.5 Å². The Labute approximate surface area is 145 Å². The molecule has 0 unspecified atom stereocenters. The van der Waals surface area contributed by atoms with Crippen molar-refractivity contribution < 1.29 is 9.59 Å². The lowest BCUT2D eigenvalue weighted by atomic mass is 10.1. The van der Waals surface area contributed by atoms with Gasteiger partial charge in [0.25, 0.3) is 5.91 Å². The summed E-state index contributed by atoms with van der Waals surface area (Å²) >= 11 is 0. The predicted molar refractivity (Wildman–Crippen MR) is 92.0 cm³/mol. The number of rotatable bonds is 4. The second kappa shape index (κ2) is 6.84. The lowest BCUT2D eigenvalue weighted by Gasteiger charge is -2.28. The molecule has 0 bridgehead atoms. The van der Waals surface area contributed by atoms with Crippen LogP contribution >= 0.6 is 0 Å². The summed E-state index contributed by atoms with van der Waals surface area (Å²) in [5.74, 6) is -0.233. The molecule has 2 aromatic rings. The first-order valence-corrected chi connectivity index (χ1v) is 8.03. The Morgan fingerprint density at radius 2 is 1.96 bits per heavy atom. The number of benzene rings is 1. The molecule has 1 atom stereocenters. The van der Waals surface area contributed by atoms with Crippen molar-refractivity contribution >= 4 is 17.5 Å². The largest absolute Gasteiger partial charge is 0.334 e. The molecule has 0 saturated carbocycles. The van der Waals surface area contributed by atoms with Gasteiger partial charge in [-0.05, 0) is 24.6 Å². The standard InChI is InChI=1S/C17H20N6O2/c1-12(13-4-6-14(7-5-13)23-11-18-10-19-23)21(2)17(25)15-8-9-16(24)22(3)20-15/h4-7,10-12H,8-9H2,1-3H3/t12-/m1/s1. The normalized spacial score (nSPS) is 15.7. The summed E-state index contributed by atoms with van der Waals surface area (Å²) in [5, 5.41) is 9.43. The number of hydrogen-bond acceptors (Lipinski definition) is 5. The van der Waals surface area contributed by atoms with E-state index in [0.29, 0.717) is 18.6 Å². The number of carbonyl (C=O) groups excluding carboxylic acids is 2. The maximum Gasteiger partial charge on any atom is 0.270 e. The van der Waals surface area contributed by atoms with Gasteiger partial charge in [-0.15, -0.1) is 0 Å². The summed E-state index contributed by atoms with van der Waals surface area (Å²) in [4.78, 5) is 29.7. The summed E-state index contributed by atoms with van der Waals surface area (Å²) in [5.41, 5.74) is 2.32. The van der Waals surface area contributed by atoms with Crippen LogP contribution in [-0.2, 0) is 9.59 Å². The van der Waals surface area contributed by atoms with Gasteiger partial charge in [-0.1, -0.05) is 12.1 Å². The molecule has 3 rings (SSSR count). The molecular formula is C17H20N6O2. The van der Waals surface area contributed by atoms with E-state index in [2.05, 4.69) is 15.2 Å². The summed E-state index contributed by atoms with van der Waals surface area (Å²) in [7, 11) is 3.32. The minimum absolute atomic E-state index is 0.0732. The zero-order valence-electron chi connectivity index (χ0n) is 14.5. The molecule has 130 valence electrons. The van der Waals surface area contributed by atoms with E-state index in [-0.39, 0.29) is 17.9 Å². The Hall–Kier alpha value is -3.03. The molecule has 0 fully saturated rings. The monoisotopic (exact) mass is 340 g/mol. The van der Waals surface area contributed by atoms with Crippen LogP contribution in [0.25, 0.3) is 5.69 Å². The topological polar surface area (TPSA) is 83.7 Å². The average molecular weight is 340 g/mol. The highest BCUT2D eigenvalue weighted by Gasteiger charge is 2.26. The number of nitrogens with zero attached hydrogens (tertiary/aromatic N) is 6. The molecular weight excluding hydrogens is 320 g/mol. The molecule has 2 heterocycles. The zero-order valence-corrected chi connectivity index (χ0v) is 14.5. The number of aromatic nitrogens is 3. The van der Waals surface area contributed by atoms with Crippen molar-refractivity contribution in [1.29, 1.82) is 0 Å². The number of carbonyl (C=O) groups is 2. The molecule has 1 aromatic heterocycles. The molecule has 0 N–H and O–H groups in total. The Morgan fingerprint density at radius 3 is 2.56 bits per heavy atom. The van der Waals surface area contributed by atoms with Crippen LogP contribution in [-0.4, -0.2) is 56.3 Å². The van der Waals surface area contributed by atoms with Gasteiger partial charge in [0.05, 0.1) is 11.7 Å². The molecule has 0 saturated heterocycles. The van der Waals surface area contributed by atoms with Crippen LogP contribution in [0.5, 0.6) is 0 Å². The van der Waals surface area contributed by atoms with Crippen molar-refractivity contribution in [1.82, 2.24) is 24.7 Å². The highest BCUT2D eigenvalue weighted by Crippen LogP contribution is 2.21. The lowest BCUT2D eigenvalue weighted by molar-refractivity contribution is -0.130. The summed E-state index contributed by atoms with van der Waals surface area (Å²) in [6, 6.07) is 7.67. The van der Waals surface area contributed by atoms with Gasteiger partial charge in [0, 0.05) is 26.9 Å². The van der Waals surface area contributed by atoms with Gasteiger partial charge in [0.15, 0.2) is 0 Å². The third kappa shape index (κ3) is 3.42. The van der Waals surface area contributed by atoms with Gasteiger partial charge in [-0.25, -0.2) is 14.7 Å². The second-order valence-electron chi connectivity index (χ2n) is 5.99. The van der Waals surface area contributed by atoms with Crippen LogP contribution in [0.15, 0.2) is 42.0 Å². The SMILES string of the molecule is C[C@H](c1ccc(-n2cncn2)cc1)N(C)C(=O)C1=NN(C)C(=O)CC1. The fraction of sp³-hybridized carbons (Fsp3) is 0.353. The van der Waals surface area contributed by atoms with Crippen LogP contribution in [0.4, 0.5) is 0 Å². The summed E-state index contributed by atoms with van der Waals surface area (Å²) in [6.45, 7) is 1.96. The highest BCUT2D eigenvalue weighted by molar-refractivity contribution is 6.39. The first kappa shape index (κ1) is 16.8. The number of amides is 2. The molecule has 25 heavy (non-hydrogen) atoms. The van der Waals surface area contributed by atoms with E-state index in [9.17, 15) is 9.59 Å². The van der Waals surface area contributed by atoms with Crippen molar-refractivity contribution in [3.63, 3.8) is 0 Å². The predicted octanol–water partition coefficient (Wildman–Crippen LogP) is 1.39. The second-order valence-corrected chi connectivity index (χ2v) is 5.99. The van der Waals surface area contributed by atoms with Crippen molar-refractivity contribution in [2.24, 2.45) is 5.10 Å². The third-order valence-corrected chi connectivity index (χ3v) is 4.41. The van der Waals surface area contributed by atoms with Gasteiger partial charge in [-0.2, -0.15) is 10.2 Å². The number of hydrazone groups is 1. The molecule has 8 nitrogen and oxygen atoms in total. The fourth-order valence-corrected chi connectivity index (χ4v) is 2.67. The van der Waals surface area contributed by atoms with Crippen LogP contribution in [0.1, 0.15) is 31.4 Å². The van der Waals surface area contributed by atoms with E-state index in [4.69, 9.17) is 0 Å². The van der Waals surface area contributed by atoms with Crippen LogP contribution in [0.2, 0.25) is 0 Å². The van der Waals surface area contributed by atoms with Gasteiger partial charge in [0.2, 0.25) is 5.91 Å². The summed E-state index contributed by atoms with van der Waals surface area (Å²) < 4.78 is 1.67. The third-order valence-electron chi connectivity index (χ3n) is 4.41. The molecule has 0 spiro atoms. The Morgan fingerprint density at radius 1 is 1.24 bits per heavy atom. The van der Waals surface area contributed by atoms with E-state index in [1.807, 2.05) is 31.2 Å². The van der Waals surface area contributed by atoms with E-state index in [0.717, 1.165) is 11.3 Å². The first-order chi connectivity index (χ1) is 12.0. The molecule has 1 aromatic carbocycles. The minimum Gasteiger partial charge on any atom is -0.334 e. The van der Waals surface area contributed by atoms with Gasteiger partial charge in [0.1, 0.15) is 18.4 Å². The molecule has 1 aliphatic heterocycles. The average Bonchev–Trinajstić information content (AvgIpc) is 3.17. The maximum absolute atomic E-state index is 12.7. The van der Waals surface area contributed by atoms with Gasteiger partial charge >= 0.3 is 0 Å².